The summed E-state index contributed by atoms with van der Waals surface area (Å²) in [5.74, 6) is 0.505. The van der Waals surface area contributed by atoms with E-state index in [2.05, 4.69) is 9.97 Å². The van der Waals surface area contributed by atoms with Crippen LogP contribution in [0.4, 0.5) is 13.2 Å². The van der Waals surface area contributed by atoms with Crippen LogP contribution in [0, 0.1) is 6.92 Å². The first-order chi connectivity index (χ1) is 9.89. The number of hydrogen-bond donors (Lipinski definition) is 0. The van der Waals surface area contributed by atoms with Crippen LogP contribution >= 0.6 is 0 Å². The molecule has 0 spiro atoms. The maximum absolute atomic E-state index is 12.3. The van der Waals surface area contributed by atoms with Gasteiger partial charge in [-0.2, -0.15) is 13.2 Å². The lowest BCUT2D eigenvalue weighted by Crippen LogP contribution is -2.19. The summed E-state index contributed by atoms with van der Waals surface area (Å²) in [4.78, 5) is 18.7. The molecule has 1 aromatic carbocycles. The predicted octanol–water partition coefficient (Wildman–Crippen LogP) is 3.21. The molecule has 1 heterocycles. The number of alkyl halides is 3. The van der Waals surface area contributed by atoms with Crippen LogP contribution in [-0.4, -0.2) is 29.0 Å². The lowest BCUT2D eigenvalue weighted by molar-refractivity contribution is -0.153. The van der Waals surface area contributed by atoms with Crippen molar-refractivity contribution < 1.29 is 22.7 Å². The zero-order valence-electron chi connectivity index (χ0n) is 11.0. The topological polar surface area (TPSA) is 52.1 Å². The van der Waals surface area contributed by atoms with E-state index >= 15 is 0 Å². The Bertz CT molecular complexity index is 640. The largest absolute Gasteiger partial charge is 0.483 e. The van der Waals surface area contributed by atoms with Crippen molar-refractivity contribution in [3.63, 3.8) is 0 Å². The van der Waals surface area contributed by atoms with Crippen LogP contribution in [-0.2, 0) is 0 Å². The van der Waals surface area contributed by atoms with Crippen LogP contribution in [0.1, 0.15) is 16.2 Å². The molecule has 2 aromatic rings. The summed E-state index contributed by atoms with van der Waals surface area (Å²) in [5.41, 5.74) is 1.13. The SMILES string of the molecule is Cc1ncc(-c2ccc(C=O)cc2OCC(F)(F)F)cn1. The molecule has 0 saturated heterocycles. The number of carbonyl (C=O) groups excluding carboxylic acids is 1. The second-order valence-electron chi connectivity index (χ2n) is 4.30. The van der Waals surface area contributed by atoms with Crippen molar-refractivity contribution in [1.29, 1.82) is 0 Å². The number of benzene rings is 1. The minimum atomic E-state index is -4.46. The monoisotopic (exact) mass is 296 g/mol. The summed E-state index contributed by atoms with van der Waals surface area (Å²) in [6, 6.07) is 4.25. The van der Waals surface area contributed by atoms with Gasteiger partial charge in [0.2, 0.25) is 0 Å². The summed E-state index contributed by atoms with van der Waals surface area (Å²) >= 11 is 0. The Labute approximate surface area is 118 Å². The first kappa shape index (κ1) is 15.0. The van der Waals surface area contributed by atoms with E-state index in [1.165, 1.54) is 30.6 Å². The highest BCUT2D eigenvalue weighted by Gasteiger charge is 2.29. The maximum atomic E-state index is 12.3. The van der Waals surface area contributed by atoms with Gasteiger partial charge in [-0.15, -0.1) is 0 Å². The van der Waals surface area contributed by atoms with Crippen molar-refractivity contribution in [1.82, 2.24) is 9.97 Å². The van der Waals surface area contributed by atoms with E-state index in [4.69, 9.17) is 4.74 Å². The molecular formula is C14H11F3N2O2. The van der Waals surface area contributed by atoms with Gasteiger partial charge in [0.25, 0.3) is 0 Å². The molecule has 0 aliphatic rings. The van der Waals surface area contributed by atoms with Crippen LogP contribution in [0.25, 0.3) is 11.1 Å². The van der Waals surface area contributed by atoms with Crippen LogP contribution in [0.2, 0.25) is 0 Å². The Morgan fingerprint density at radius 3 is 2.48 bits per heavy atom. The van der Waals surface area contributed by atoms with Gasteiger partial charge in [-0.25, -0.2) is 9.97 Å². The van der Waals surface area contributed by atoms with Gasteiger partial charge in [-0.3, -0.25) is 4.79 Å². The number of carbonyl (C=O) groups is 1. The maximum Gasteiger partial charge on any atom is 0.422 e. The number of nitrogens with zero attached hydrogens (tertiary/aromatic N) is 2. The van der Waals surface area contributed by atoms with E-state index in [-0.39, 0.29) is 11.3 Å². The fraction of sp³-hybridized carbons (Fsp3) is 0.214. The van der Waals surface area contributed by atoms with E-state index in [0.29, 0.717) is 23.2 Å². The number of aryl methyl sites for hydroxylation is 1. The molecule has 1 aromatic heterocycles. The Morgan fingerprint density at radius 2 is 1.90 bits per heavy atom. The van der Waals surface area contributed by atoms with E-state index < -0.39 is 12.8 Å². The molecule has 0 amide bonds. The number of rotatable bonds is 4. The smallest absolute Gasteiger partial charge is 0.422 e. The van der Waals surface area contributed by atoms with Gasteiger partial charge in [0.15, 0.2) is 6.61 Å². The Kier molecular flexibility index (Phi) is 4.21. The molecule has 21 heavy (non-hydrogen) atoms. The number of hydrogen-bond acceptors (Lipinski definition) is 4. The standard InChI is InChI=1S/C14H11F3N2O2/c1-9-18-5-11(6-19-9)12-3-2-10(7-20)4-13(12)21-8-14(15,16)17/h2-7H,8H2,1H3. The predicted molar refractivity (Wildman–Crippen MR) is 69.1 cm³/mol. The van der Waals surface area contributed by atoms with Gasteiger partial charge in [-0.1, -0.05) is 6.07 Å². The van der Waals surface area contributed by atoms with Gasteiger partial charge in [0, 0.05) is 29.1 Å². The second kappa shape index (κ2) is 5.90. The summed E-state index contributed by atoms with van der Waals surface area (Å²) in [5, 5.41) is 0. The number of ether oxygens (including phenoxy) is 1. The Hall–Kier alpha value is -2.44. The zero-order valence-corrected chi connectivity index (χ0v) is 11.0. The molecule has 2 rings (SSSR count). The third kappa shape index (κ3) is 4.01. The average molecular weight is 296 g/mol. The van der Waals surface area contributed by atoms with Crippen LogP contribution < -0.4 is 4.74 Å². The average Bonchev–Trinajstić information content (AvgIpc) is 2.45. The summed E-state index contributed by atoms with van der Waals surface area (Å²) < 4.78 is 41.7. The molecule has 0 saturated carbocycles. The zero-order chi connectivity index (χ0) is 15.5. The molecular weight excluding hydrogens is 285 g/mol. The summed E-state index contributed by atoms with van der Waals surface area (Å²) in [6.45, 7) is 0.259. The molecule has 7 heteroatoms. The van der Waals surface area contributed by atoms with E-state index in [9.17, 15) is 18.0 Å². The van der Waals surface area contributed by atoms with Gasteiger partial charge in [-0.05, 0) is 19.1 Å². The molecule has 0 bridgehead atoms. The third-order valence-electron chi connectivity index (χ3n) is 2.63. The fourth-order valence-corrected chi connectivity index (χ4v) is 1.66. The minimum Gasteiger partial charge on any atom is -0.483 e. The first-order valence-corrected chi connectivity index (χ1v) is 5.97. The molecule has 110 valence electrons. The molecule has 0 N–H and O–H groups in total. The van der Waals surface area contributed by atoms with E-state index in [1.807, 2.05) is 0 Å². The third-order valence-corrected chi connectivity index (χ3v) is 2.63. The number of aldehydes is 1. The van der Waals surface area contributed by atoms with Crippen molar-refractivity contribution in [2.45, 2.75) is 13.1 Å². The van der Waals surface area contributed by atoms with E-state index in [0.717, 1.165) is 0 Å². The van der Waals surface area contributed by atoms with Crippen molar-refractivity contribution in [3.8, 4) is 16.9 Å². The molecule has 4 nitrogen and oxygen atoms in total. The van der Waals surface area contributed by atoms with Gasteiger partial charge in [0.05, 0.1) is 0 Å². The quantitative estimate of drug-likeness (QED) is 0.813. The highest BCUT2D eigenvalue weighted by Crippen LogP contribution is 2.31. The van der Waals surface area contributed by atoms with Gasteiger partial charge >= 0.3 is 6.18 Å². The van der Waals surface area contributed by atoms with Crippen LogP contribution in [0.5, 0.6) is 5.75 Å². The van der Waals surface area contributed by atoms with Gasteiger partial charge < -0.3 is 4.74 Å². The summed E-state index contributed by atoms with van der Waals surface area (Å²) in [7, 11) is 0. The van der Waals surface area contributed by atoms with Crippen molar-refractivity contribution >= 4 is 6.29 Å². The van der Waals surface area contributed by atoms with Crippen LogP contribution in [0.3, 0.4) is 0 Å². The number of aromatic nitrogens is 2. The molecule has 0 aliphatic heterocycles. The lowest BCUT2D eigenvalue weighted by Gasteiger charge is -2.13. The normalized spacial score (nSPS) is 11.2. The molecule has 0 atom stereocenters. The molecule has 0 unspecified atom stereocenters. The Morgan fingerprint density at radius 1 is 1.24 bits per heavy atom. The minimum absolute atomic E-state index is 0.0376. The summed E-state index contributed by atoms with van der Waals surface area (Å²) in [6.07, 6.45) is -0.953. The highest BCUT2D eigenvalue weighted by molar-refractivity contribution is 5.80. The van der Waals surface area contributed by atoms with Crippen LogP contribution in [0.15, 0.2) is 30.6 Å². The van der Waals surface area contributed by atoms with E-state index in [1.54, 1.807) is 6.92 Å². The lowest BCUT2D eigenvalue weighted by atomic mass is 10.1. The van der Waals surface area contributed by atoms with Crippen molar-refractivity contribution in [3.05, 3.63) is 42.0 Å². The van der Waals surface area contributed by atoms with Crippen molar-refractivity contribution in [2.24, 2.45) is 0 Å². The van der Waals surface area contributed by atoms with Crippen molar-refractivity contribution in [2.75, 3.05) is 6.61 Å². The molecule has 0 aliphatic carbocycles. The second-order valence-corrected chi connectivity index (χ2v) is 4.30. The highest BCUT2D eigenvalue weighted by atomic mass is 19.4. The Balaban J connectivity index is 2.39. The fourth-order valence-electron chi connectivity index (χ4n) is 1.66. The molecule has 0 fully saturated rings. The molecule has 0 radical (unpaired) electrons. The first-order valence-electron chi connectivity index (χ1n) is 5.97. The van der Waals surface area contributed by atoms with Gasteiger partial charge in [0.1, 0.15) is 17.9 Å². The number of halogens is 3.